The lowest BCUT2D eigenvalue weighted by Gasteiger charge is -2.39. The number of thiophene rings is 1. The standard InChI is InChI=1S/C18H26N2O2S/c21-17(19-11-14-1-2-14)16-3-5-18(22-16)6-8-20(9-7-18)12-15-4-10-23-13-15/h4,10,13-14,16H,1-3,5-9,11-12H2,(H,19,21)/t16-/m0/s1. The van der Waals surface area contributed by atoms with Crippen LogP contribution < -0.4 is 5.32 Å². The molecule has 4 nitrogen and oxygen atoms in total. The fraction of sp³-hybridized carbons (Fsp3) is 0.722. The Balaban J connectivity index is 1.25. The van der Waals surface area contributed by atoms with Gasteiger partial charge in [-0.1, -0.05) is 0 Å². The van der Waals surface area contributed by atoms with Crippen LogP contribution in [0, 0.1) is 5.92 Å². The van der Waals surface area contributed by atoms with Gasteiger partial charge in [0.15, 0.2) is 0 Å². The van der Waals surface area contributed by atoms with E-state index in [9.17, 15) is 4.79 Å². The molecule has 3 heterocycles. The van der Waals surface area contributed by atoms with Crippen LogP contribution in [-0.4, -0.2) is 42.1 Å². The maximum atomic E-state index is 12.2. The van der Waals surface area contributed by atoms with Crippen LogP contribution in [0.15, 0.2) is 16.8 Å². The summed E-state index contributed by atoms with van der Waals surface area (Å²) in [6.45, 7) is 4.05. The minimum absolute atomic E-state index is 0.0350. The van der Waals surface area contributed by atoms with E-state index in [0.29, 0.717) is 0 Å². The Kier molecular flexibility index (Phi) is 4.43. The summed E-state index contributed by atoms with van der Waals surface area (Å²) in [6, 6.07) is 2.21. The van der Waals surface area contributed by atoms with Crippen molar-refractivity contribution in [3.05, 3.63) is 22.4 Å². The Hall–Kier alpha value is -0.910. The van der Waals surface area contributed by atoms with Crippen LogP contribution in [0.5, 0.6) is 0 Å². The number of hydrogen-bond acceptors (Lipinski definition) is 4. The summed E-state index contributed by atoms with van der Waals surface area (Å²) >= 11 is 1.77. The van der Waals surface area contributed by atoms with Gasteiger partial charge in [0, 0.05) is 26.2 Å². The molecule has 1 atom stereocenters. The zero-order chi connectivity index (χ0) is 15.7. The normalized spacial score (nSPS) is 27.4. The first-order chi connectivity index (χ1) is 11.2. The fourth-order valence-electron chi connectivity index (χ4n) is 3.81. The summed E-state index contributed by atoms with van der Waals surface area (Å²) in [5.74, 6) is 0.851. The first kappa shape index (κ1) is 15.6. The summed E-state index contributed by atoms with van der Waals surface area (Å²) in [5.41, 5.74) is 1.38. The molecular formula is C18H26N2O2S. The average Bonchev–Trinajstić information content (AvgIpc) is 3.08. The van der Waals surface area contributed by atoms with Crippen LogP contribution in [0.3, 0.4) is 0 Å². The minimum atomic E-state index is -0.211. The van der Waals surface area contributed by atoms with E-state index < -0.39 is 0 Å². The molecule has 1 spiro atoms. The van der Waals surface area contributed by atoms with Gasteiger partial charge in [-0.05, 0) is 66.8 Å². The van der Waals surface area contributed by atoms with Gasteiger partial charge in [0.1, 0.15) is 6.10 Å². The maximum absolute atomic E-state index is 12.2. The molecule has 1 aromatic heterocycles. The van der Waals surface area contributed by atoms with Crippen LogP contribution in [0.25, 0.3) is 0 Å². The van der Waals surface area contributed by atoms with Gasteiger partial charge in [-0.2, -0.15) is 11.3 Å². The molecule has 5 heteroatoms. The first-order valence-corrected chi connectivity index (χ1v) is 9.86. The van der Waals surface area contributed by atoms with Gasteiger partial charge in [-0.15, -0.1) is 0 Å². The topological polar surface area (TPSA) is 41.6 Å². The Labute approximate surface area is 142 Å². The largest absolute Gasteiger partial charge is 0.362 e. The van der Waals surface area contributed by atoms with Gasteiger partial charge in [-0.3, -0.25) is 9.69 Å². The molecule has 2 saturated heterocycles. The molecule has 3 fully saturated rings. The SMILES string of the molecule is O=C(NCC1CC1)[C@@H]1CCC2(CCN(Cc3ccsc3)CC2)O1. The average molecular weight is 334 g/mol. The van der Waals surface area contributed by atoms with Crippen molar-refractivity contribution in [3.63, 3.8) is 0 Å². The number of rotatable bonds is 5. The van der Waals surface area contributed by atoms with E-state index in [1.807, 2.05) is 0 Å². The molecule has 4 rings (SSSR count). The van der Waals surface area contributed by atoms with Crippen LogP contribution in [-0.2, 0) is 16.1 Å². The number of carbonyl (C=O) groups excluding carboxylic acids is 1. The number of hydrogen-bond donors (Lipinski definition) is 1. The summed E-state index contributed by atoms with van der Waals surface area (Å²) < 4.78 is 6.25. The van der Waals surface area contributed by atoms with Gasteiger partial charge in [0.05, 0.1) is 5.60 Å². The van der Waals surface area contributed by atoms with Crippen molar-refractivity contribution < 1.29 is 9.53 Å². The highest BCUT2D eigenvalue weighted by Gasteiger charge is 2.44. The van der Waals surface area contributed by atoms with Crippen molar-refractivity contribution >= 4 is 17.2 Å². The second-order valence-electron chi connectivity index (χ2n) is 7.42. The zero-order valence-corrected chi connectivity index (χ0v) is 14.4. The van der Waals surface area contributed by atoms with E-state index in [2.05, 4.69) is 27.0 Å². The van der Waals surface area contributed by atoms with Crippen LogP contribution in [0.1, 0.15) is 44.1 Å². The molecule has 3 aliphatic rings. The van der Waals surface area contributed by atoms with Crippen molar-refractivity contribution in [2.45, 2.75) is 56.8 Å². The molecule has 1 N–H and O–H groups in total. The number of amides is 1. The Morgan fingerprint density at radius 3 is 2.83 bits per heavy atom. The van der Waals surface area contributed by atoms with E-state index in [4.69, 9.17) is 4.74 Å². The van der Waals surface area contributed by atoms with Gasteiger partial charge in [0.25, 0.3) is 0 Å². The summed E-state index contributed by atoms with van der Waals surface area (Å²) in [6.07, 6.45) is 6.39. The molecule has 1 saturated carbocycles. The lowest BCUT2D eigenvalue weighted by Crippen LogP contribution is -2.45. The number of likely N-dealkylation sites (tertiary alicyclic amines) is 1. The van der Waals surface area contributed by atoms with Gasteiger partial charge in [0.2, 0.25) is 5.91 Å². The third-order valence-electron chi connectivity index (χ3n) is 5.56. The third kappa shape index (κ3) is 3.78. The highest BCUT2D eigenvalue weighted by molar-refractivity contribution is 7.07. The molecule has 0 bridgehead atoms. The number of nitrogens with zero attached hydrogens (tertiary/aromatic N) is 1. The van der Waals surface area contributed by atoms with Crippen LogP contribution in [0.4, 0.5) is 0 Å². The van der Waals surface area contributed by atoms with Crippen molar-refractivity contribution in [1.29, 1.82) is 0 Å². The zero-order valence-electron chi connectivity index (χ0n) is 13.6. The summed E-state index contributed by atoms with van der Waals surface area (Å²) in [4.78, 5) is 14.7. The van der Waals surface area contributed by atoms with Crippen LogP contribution in [0.2, 0.25) is 0 Å². The molecule has 1 aliphatic carbocycles. The van der Waals surface area contributed by atoms with Crippen molar-refractivity contribution in [1.82, 2.24) is 10.2 Å². The van der Waals surface area contributed by atoms with E-state index in [-0.39, 0.29) is 17.6 Å². The number of carbonyl (C=O) groups is 1. The van der Waals surface area contributed by atoms with E-state index in [0.717, 1.165) is 57.8 Å². The minimum Gasteiger partial charge on any atom is -0.362 e. The van der Waals surface area contributed by atoms with Crippen molar-refractivity contribution in [2.24, 2.45) is 5.92 Å². The molecule has 1 amide bonds. The predicted octanol–water partition coefficient (Wildman–Crippen LogP) is 2.79. The van der Waals surface area contributed by atoms with E-state index >= 15 is 0 Å². The number of ether oxygens (including phenoxy) is 1. The number of nitrogens with one attached hydrogen (secondary N) is 1. The summed E-state index contributed by atoms with van der Waals surface area (Å²) in [7, 11) is 0. The predicted molar refractivity (Wildman–Crippen MR) is 91.4 cm³/mol. The highest BCUT2D eigenvalue weighted by Crippen LogP contribution is 2.39. The van der Waals surface area contributed by atoms with Gasteiger partial charge >= 0.3 is 0 Å². The quantitative estimate of drug-likeness (QED) is 0.900. The Morgan fingerprint density at radius 1 is 1.30 bits per heavy atom. The van der Waals surface area contributed by atoms with E-state index in [1.54, 1.807) is 11.3 Å². The van der Waals surface area contributed by atoms with Crippen LogP contribution >= 0.6 is 11.3 Å². The smallest absolute Gasteiger partial charge is 0.249 e. The highest BCUT2D eigenvalue weighted by atomic mass is 32.1. The first-order valence-electron chi connectivity index (χ1n) is 8.91. The molecular weight excluding hydrogens is 308 g/mol. The van der Waals surface area contributed by atoms with Crippen molar-refractivity contribution in [3.8, 4) is 0 Å². The van der Waals surface area contributed by atoms with E-state index in [1.165, 1.54) is 18.4 Å². The molecule has 0 aromatic carbocycles. The lowest BCUT2D eigenvalue weighted by atomic mass is 9.88. The Morgan fingerprint density at radius 2 is 2.13 bits per heavy atom. The molecule has 2 aliphatic heterocycles. The van der Waals surface area contributed by atoms with Gasteiger partial charge in [-0.25, -0.2) is 0 Å². The summed E-state index contributed by atoms with van der Waals surface area (Å²) in [5, 5.41) is 7.45. The fourth-order valence-corrected chi connectivity index (χ4v) is 4.47. The molecule has 0 radical (unpaired) electrons. The molecule has 0 unspecified atom stereocenters. The second-order valence-corrected chi connectivity index (χ2v) is 8.20. The Bertz CT molecular complexity index is 533. The molecule has 126 valence electrons. The van der Waals surface area contributed by atoms with Crippen molar-refractivity contribution in [2.75, 3.05) is 19.6 Å². The number of piperidine rings is 1. The van der Waals surface area contributed by atoms with Gasteiger partial charge < -0.3 is 10.1 Å². The maximum Gasteiger partial charge on any atom is 0.249 e. The lowest BCUT2D eigenvalue weighted by molar-refractivity contribution is -0.140. The monoisotopic (exact) mass is 334 g/mol. The molecule has 1 aromatic rings. The molecule has 23 heavy (non-hydrogen) atoms. The third-order valence-corrected chi connectivity index (χ3v) is 6.29. The second kappa shape index (κ2) is 6.54.